The van der Waals surface area contributed by atoms with Gasteiger partial charge in [-0.25, -0.2) is 9.18 Å². The zero-order valence-electron chi connectivity index (χ0n) is 11.1. The second kappa shape index (κ2) is 6.65. The number of carbonyl (C=O) groups is 1. The molecule has 1 aromatic heterocycles. The predicted octanol–water partition coefficient (Wildman–Crippen LogP) is 2.78. The number of pyridine rings is 1. The summed E-state index contributed by atoms with van der Waals surface area (Å²) < 4.78 is 12.7. The van der Waals surface area contributed by atoms with Crippen LogP contribution >= 0.6 is 0 Å². The minimum Gasteiger partial charge on any atom is -0.334 e. The number of nitrogens with one attached hydrogen (secondary N) is 2. The number of benzene rings is 1. The maximum Gasteiger partial charge on any atom is 0.315 e. The molecule has 0 aliphatic rings. The lowest BCUT2D eigenvalue weighted by molar-refractivity contribution is 0.237. The van der Waals surface area contributed by atoms with Gasteiger partial charge in [-0.1, -0.05) is 18.2 Å². The molecule has 0 saturated carbocycles. The lowest BCUT2D eigenvalue weighted by Gasteiger charge is -2.14. The van der Waals surface area contributed by atoms with Crippen molar-refractivity contribution in [2.45, 2.75) is 19.5 Å². The Morgan fingerprint density at radius 1 is 1.25 bits per heavy atom. The predicted molar refractivity (Wildman–Crippen MR) is 74.4 cm³/mol. The molecular formula is C15H16FN3O. The average molecular weight is 273 g/mol. The summed E-state index contributed by atoms with van der Waals surface area (Å²) in [6, 6.07) is 11.1. The van der Waals surface area contributed by atoms with Crippen molar-refractivity contribution in [2.75, 3.05) is 0 Å². The molecule has 2 amide bonds. The Labute approximate surface area is 117 Å². The van der Waals surface area contributed by atoms with Crippen LogP contribution in [-0.2, 0) is 6.54 Å². The summed E-state index contributed by atoms with van der Waals surface area (Å²) in [5, 5.41) is 5.51. The van der Waals surface area contributed by atoms with E-state index in [1.807, 2.05) is 25.1 Å². The highest BCUT2D eigenvalue weighted by molar-refractivity contribution is 5.74. The van der Waals surface area contributed by atoms with Gasteiger partial charge in [-0.3, -0.25) is 4.98 Å². The van der Waals surface area contributed by atoms with E-state index in [4.69, 9.17) is 0 Å². The molecule has 2 rings (SSSR count). The van der Waals surface area contributed by atoms with E-state index in [-0.39, 0.29) is 17.9 Å². The first-order chi connectivity index (χ1) is 9.65. The molecule has 4 nitrogen and oxygen atoms in total. The molecule has 0 bridgehead atoms. The standard InChI is InChI=1S/C15H16FN3O/c1-11(14-4-2-3-9-17-14)19-15(20)18-10-12-5-7-13(16)8-6-12/h2-9,11H,10H2,1H3,(H2,18,19,20). The van der Waals surface area contributed by atoms with Crippen LogP contribution in [0, 0.1) is 5.82 Å². The van der Waals surface area contributed by atoms with Gasteiger partial charge in [0.05, 0.1) is 11.7 Å². The van der Waals surface area contributed by atoms with Gasteiger partial charge in [0.2, 0.25) is 0 Å². The van der Waals surface area contributed by atoms with Gasteiger partial charge < -0.3 is 10.6 Å². The van der Waals surface area contributed by atoms with Crippen molar-refractivity contribution in [1.82, 2.24) is 15.6 Å². The Morgan fingerprint density at radius 2 is 2.00 bits per heavy atom. The van der Waals surface area contributed by atoms with Crippen molar-refractivity contribution in [3.63, 3.8) is 0 Å². The second-order valence-electron chi connectivity index (χ2n) is 4.43. The quantitative estimate of drug-likeness (QED) is 0.900. The number of halogens is 1. The molecule has 2 N–H and O–H groups in total. The number of nitrogens with zero attached hydrogens (tertiary/aromatic N) is 1. The topological polar surface area (TPSA) is 54.0 Å². The lowest BCUT2D eigenvalue weighted by Crippen LogP contribution is -2.36. The lowest BCUT2D eigenvalue weighted by atomic mass is 10.2. The minimum absolute atomic E-state index is 0.176. The smallest absolute Gasteiger partial charge is 0.315 e. The van der Waals surface area contributed by atoms with E-state index in [0.29, 0.717) is 6.54 Å². The van der Waals surface area contributed by atoms with E-state index in [1.165, 1.54) is 12.1 Å². The third kappa shape index (κ3) is 4.05. The molecule has 20 heavy (non-hydrogen) atoms. The monoisotopic (exact) mass is 273 g/mol. The summed E-state index contributed by atoms with van der Waals surface area (Å²) in [6.45, 7) is 2.21. The van der Waals surface area contributed by atoms with E-state index in [0.717, 1.165) is 11.3 Å². The summed E-state index contributed by atoms with van der Waals surface area (Å²) >= 11 is 0. The fourth-order valence-corrected chi connectivity index (χ4v) is 1.74. The van der Waals surface area contributed by atoms with Crippen molar-refractivity contribution in [3.8, 4) is 0 Å². The van der Waals surface area contributed by atoms with Crippen LogP contribution in [0.25, 0.3) is 0 Å². The van der Waals surface area contributed by atoms with Crippen molar-refractivity contribution >= 4 is 6.03 Å². The Balaban J connectivity index is 1.82. The van der Waals surface area contributed by atoms with Crippen molar-refractivity contribution < 1.29 is 9.18 Å². The normalized spacial score (nSPS) is 11.7. The van der Waals surface area contributed by atoms with Crippen LogP contribution in [0.1, 0.15) is 24.2 Å². The zero-order valence-corrected chi connectivity index (χ0v) is 11.1. The third-order valence-electron chi connectivity index (χ3n) is 2.85. The first-order valence-electron chi connectivity index (χ1n) is 6.35. The Kier molecular flexibility index (Phi) is 4.65. The van der Waals surface area contributed by atoms with Crippen molar-refractivity contribution in [2.24, 2.45) is 0 Å². The van der Waals surface area contributed by atoms with E-state index >= 15 is 0 Å². The Hall–Kier alpha value is -2.43. The van der Waals surface area contributed by atoms with Gasteiger partial charge in [0.25, 0.3) is 0 Å². The second-order valence-corrected chi connectivity index (χ2v) is 4.43. The maximum absolute atomic E-state index is 12.7. The molecule has 2 aromatic rings. The van der Waals surface area contributed by atoms with Crippen LogP contribution in [-0.4, -0.2) is 11.0 Å². The first-order valence-corrected chi connectivity index (χ1v) is 6.35. The highest BCUT2D eigenvalue weighted by Crippen LogP contribution is 2.07. The molecule has 0 aliphatic carbocycles. The fraction of sp³-hybridized carbons (Fsp3) is 0.200. The molecule has 0 saturated heterocycles. The summed E-state index contributed by atoms with van der Waals surface area (Å²) in [7, 11) is 0. The molecule has 1 heterocycles. The van der Waals surface area contributed by atoms with E-state index in [1.54, 1.807) is 18.3 Å². The number of amides is 2. The van der Waals surface area contributed by atoms with Crippen molar-refractivity contribution in [3.05, 3.63) is 65.7 Å². The molecule has 0 aliphatic heterocycles. The van der Waals surface area contributed by atoms with Crippen LogP contribution in [0.2, 0.25) is 0 Å². The highest BCUT2D eigenvalue weighted by atomic mass is 19.1. The number of hydrogen-bond acceptors (Lipinski definition) is 2. The van der Waals surface area contributed by atoms with E-state index in [9.17, 15) is 9.18 Å². The van der Waals surface area contributed by atoms with Gasteiger partial charge in [0.15, 0.2) is 0 Å². The molecule has 1 atom stereocenters. The number of aromatic nitrogens is 1. The molecule has 0 spiro atoms. The van der Waals surface area contributed by atoms with Crippen LogP contribution in [0.15, 0.2) is 48.7 Å². The molecule has 1 unspecified atom stereocenters. The van der Waals surface area contributed by atoms with Crippen LogP contribution in [0.4, 0.5) is 9.18 Å². The van der Waals surface area contributed by atoms with Crippen molar-refractivity contribution in [1.29, 1.82) is 0 Å². The number of carbonyl (C=O) groups excluding carboxylic acids is 1. The van der Waals surface area contributed by atoms with Crippen LogP contribution < -0.4 is 10.6 Å². The minimum atomic E-state index is -0.290. The van der Waals surface area contributed by atoms with Crippen LogP contribution in [0.5, 0.6) is 0 Å². The molecule has 104 valence electrons. The van der Waals surface area contributed by atoms with E-state index in [2.05, 4.69) is 15.6 Å². The molecule has 0 fully saturated rings. The molecule has 1 aromatic carbocycles. The van der Waals surface area contributed by atoms with Gasteiger partial charge in [-0.05, 0) is 36.8 Å². The SMILES string of the molecule is CC(NC(=O)NCc1ccc(F)cc1)c1ccccn1. The number of rotatable bonds is 4. The van der Waals surface area contributed by atoms with Gasteiger partial charge in [-0.15, -0.1) is 0 Å². The van der Waals surface area contributed by atoms with E-state index < -0.39 is 0 Å². The average Bonchev–Trinajstić information content (AvgIpc) is 2.47. The van der Waals surface area contributed by atoms with Gasteiger partial charge in [-0.2, -0.15) is 0 Å². The van der Waals surface area contributed by atoms with Gasteiger partial charge >= 0.3 is 6.03 Å². The first kappa shape index (κ1) is 14.0. The third-order valence-corrected chi connectivity index (χ3v) is 2.85. The highest BCUT2D eigenvalue weighted by Gasteiger charge is 2.09. The summed E-state index contributed by atoms with van der Waals surface area (Å²) in [5.41, 5.74) is 1.64. The van der Waals surface area contributed by atoms with Crippen LogP contribution in [0.3, 0.4) is 0 Å². The molecular weight excluding hydrogens is 257 g/mol. The summed E-state index contributed by atoms with van der Waals surface area (Å²) in [6.07, 6.45) is 1.68. The molecule has 5 heteroatoms. The Bertz CT molecular complexity index is 557. The van der Waals surface area contributed by atoms with Gasteiger partial charge in [0.1, 0.15) is 5.82 Å². The molecule has 0 radical (unpaired) electrons. The number of hydrogen-bond donors (Lipinski definition) is 2. The maximum atomic E-state index is 12.7. The van der Waals surface area contributed by atoms with Gasteiger partial charge in [0, 0.05) is 12.7 Å². The Morgan fingerprint density at radius 3 is 2.65 bits per heavy atom. The fourth-order valence-electron chi connectivity index (χ4n) is 1.74. The summed E-state index contributed by atoms with van der Waals surface area (Å²) in [5.74, 6) is -0.290. The summed E-state index contributed by atoms with van der Waals surface area (Å²) in [4.78, 5) is 15.9. The zero-order chi connectivity index (χ0) is 14.4. The number of urea groups is 1. The largest absolute Gasteiger partial charge is 0.334 e.